The standard InChI is InChI=1S/C10H20N2O7S/c13-5-10(6-14,7-15)11-20(18,19)12-4-2-1-3-8(12)9(16)17/h8,11,13-15H,1-7H2,(H,16,17). The molecule has 0 aliphatic carbocycles. The first-order valence-corrected chi connectivity index (χ1v) is 7.62. The fourth-order valence-electron chi connectivity index (χ4n) is 2.02. The summed E-state index contributed by atoms with van der Waals surface area (Å²) in [7, 11) is -4.25. The highest BCUT2D eigenvalue weighted by molar-refractivity contribution is 7.87. The van der Waals surface area contributed by atoms with Crippen LogP contribution < -0.4 is 4.72 Å². The average molecular weight is 312 g/mol. The zero-order valence-electron chi connectivity index (χ0n) is 10.9. The molecule has 1 aliphatic rings. The second kappa shape index (κ2) is 6.78. The van der Waals surface area contributed by atoms with Gasteiger partial charge in [-0.1, -0.05) is 0 Å². The molecule has 1 saturated heterocycles. The van der Waals surface area contributed by atoms with Crippen molar-refractivity contribution in [3.8, 4) is 0 Å². The van der Waals surface area contributed by atoms with Crippen LogP contribution in [0.5, 0.6) is 0 Å². The lowest BCUT2D eigenvalue weighted by Gasteiger charge is -2.36. The van der Waals surface area contributed by atoms with Crippen molar-refractivity contribution < 1.29 is 33.6 Å². The van der Waals surface area contributed by atoms with Crippen LogP contribution in [0, 0.1) is 0 Å². The summed E-state index contributed by atoms with van der Waals surface area (Å²) in [6.07, 6.45) is 1.32. The number of aliphatic hydroxyl groups is 3. The molecule has 0 aromatic carbocycles. The van der Waals surface area contributed by atoms with Gasteiger partial charge in [-0.2, -0.15) is 17.4 Å². The molecule has 1 unspecified atom stereocenters. The molecule has 1 heterocycles. The number of aliphatic hydroxyl groups excluding tert-OH is 3. The molecule has 0 radical (unpaired) electrons. The third-order valence-corrected chi connectivity index (χ3v) is 5.05. The highest BCUT2D eigenvalue weighted by Gasteiger charge is 2.41. The number of carbonyl (C=O) groups is 1. The number of carboxylic acid groups (broad SMARTS) is 1. The van der Waals surface area contributed by atoms with Gasteiger partial charge in [0.1, 0.15) is 11.6 Å². The van der Waals surface area contributed by atoms with E-state index in [2.05, 4.69) is 0 Å². The molecule has 9 nitrogen and oxygen atoms in total. The van der Waals surface area contributed by atoms with E-state index < -0.39 is 47.6 Å². The van der Waals surface area contributed by atoms with Crippen molar-refractivity contribution in [1.82, 2.24) is 9.03 Å². The first kappa shape index (κ1) is 17.3. The molecular weight excluding hydrogens is 292 g/mol. The first-order valence-electron chi connectivity index (χ1n) is 6.18. The number of piperidine rings is 1. The molecule has 1 fully saturated rings. The minimum absolute atomic E-state index is 0.0324. The van der Waals surface area contributed by atoms with E-state index in [4.69, 9.17) is 20.4 Å². The molecule has 0 bridgehead atoms. The molecule has 0 amide bonds. The molecule has 20 heavy (non-hydrogen) atoms. The van der Waals surface area contributed by atoms with Crippen molar-refractivity contribution in [2.75, 3.05) is 26.4 Å². The molecule has 10 heteroatoms. The number of aliphatic carboxylic acids is 1. The Bertz CT molecular complexity index is 427. The molecule has 1 aliphatic heterocycles. The van der Waals surface area contributed by atoms with Crippen molar-refractivity contribution in [2.45, 2.75) is 30.8 Å². The van der Waals surface area contributed by atoms with Crippen LogP contribution >= 0.6 is 0 Å². The van der Waals surface area contributed by atoms with Crippen LogP contribution in [-0.2, 0) is 15.0 Å². The summed E-state index contributed by atoms with van der Waals surface area (Å²) in [5, 5.41) is 36.5. The summed E-state index contributed by atoms with van der Waals surface area (Å²) in [6, 6.07) is -1.19. The molecule has 0 spiro atoms. The van der Waals surface area contributed by atoms with E-state index in [0.29, 0.717) is 12.8 Å². The van der Waals surface area contributed by atoms with Crippen LogP contribution in [-0.4, -0.2) is 77.1 Å². The van der Waals surface area contributed by atoms with Crippen molar-refractivity contribution in [3.63, 3.8) is 0 Å². The maximum atomic E-state index is 12.2. The molecule has 118 valence electrons. The zero-order valence-corrected chi connectivity index (χ0v) is 11.7. The van der Waals surface area contributed by atoms with E-state index in [0.717, 1.165) is 4.31 Å². The van der Waals surface area contributed by atoms with E-state index >= 15 is 0 Å². The Balaban J connectivity index is 2.99. The molecule has 0 aromatic rings. The minimum Gasteiger partial charge on any atom is -0.480 e. The molecular formula is C10H20N2O7S. The number of hydrogen-bond donors (Lipinski definition) is 5. The van der Waals surface area contributed by atoms with Gasteiger partial charge in [0.15, 0.2) is 0 Å². The van der Waals surface area contributed by atoms with E-state index in [9.17, 15) is 13.2 Å². The molecule has 0 aromatic heterocycles. The fourth-order valence-corrected chi connectivity index (χ4v) is 3.78. The summed E-state index contributed by atoms with van der Waals surface area (Å²) in [6.45, 7) is -2.41. The molecule has 5 N–H and O–H groups in total. The third kappa shape index (κ3) is 3.65. The average Bonchev–Trinajstić information content (AvgIpc) is 2.45. The number of nitrogens with one attached hydrogen (secondary N) is 1. The fraction of sp³-hybridized carbons (Fsp3) is 0.900. The number of carboxylic acids is 1. The van der Waals surface area contributed by atoms with Gasteiger partial charge in [-0.15, -0.1) is 0 Å². The summed E-state index contributed by atoms with van der Waals surface area (Å²) >= 11 is 0. The Labute approximate surface area is 117 Å². The maximum absolute atomic E-state index is 12.2. The Morgan fingerprint density at radius 3 is 2.20 bits per heavy atom. The molecule has 1 atom stereocenters. The van der Waals surface area contributed by atoms with Gasteiger partial charge in [-0.05, 0) is 19.3 Å². The Kier molecular flexibility index (Phi) is 5.86. The lowest BCUT2D eigenvalue weighted by molar-refractivity contribution is -0.142. The van der Waals surface area contributed by atoms with Crippen molar-refractivity contribution in [2.24, 2.45) is 0 Å². The van der Waals surface area contributed by atoms with Crippen LogP contribution in [0.3, 0.4) is 0 Å². The highest BCUT2D eigenvalue weighted by atomic mass is 32.2. The zero-order chi connectivity index (χ0) is 15.4. The quantitative estimate of drug-likeness (QED) is 0.348. The Hall–Kier alpha value is -0.780. The SMILES string of the molecule is O=C(O)C1CCCCN1S(=O)(=O)NC(CO)(CO)CO. The highest BCUT2D eigenvalue weighted by Crippen LogP contribution is 2.21. The van der Waals surface area contributed by atoms with Gasteiger partial charge >= 0.3 is 5.97 Å². The van der Waals surface area contributed by atoms with Gasteiger partial charge in [0.05, 0.1) is 19.8 Å². The smallest absolute Gasteiger partial charge is 0.322 e. The predicted octanol–water partition coefficient (Wildman–Crippen LogP) is -2.52. The van der Waals surface area contributed by atoms with Crippen LogP contribution in [0.15, 0.2) is 0 Å². The van der Waals surface area contributed by atoms with Gasteiger partial charge in [0, 0.05) is 6.54 Å². The summed E-state index contributed by atoms with van der Waals surface area (Å²) in [4.78, 5) is 11.1. The Morgan fingerprint density at radius 2 is 1.75 bits per heavy atom. The number of nitrogens with zero attached hydrogens (tertiary/aromatic N) is 1. The largest absolute Gasteiger partial charge is 0.480 e. The van der Waals surface area contributed by atoms with Crippen LogP contribution in [0.1, 0.15) is 19.3 Å². The number of hydrogen-bond acceptors (Lipinski definition) is 6. The predicted molar refractivity (Wildman–Crippen MR) is 68.0 cm³/mol. The summed E-state index contributed by atoms with van der Waals surface area (Å²) in [5.41, 5.74) is -1.82. The second-order valence-corrected chi connectivity index (χ2v) is 6.45. The second-order valence-electron chi connectivity index (χ2n) is 4.82. The van der Waals surface area contributed by atoms with Gasteiger partial charge in [-0.25, -0.2) is 0 Å². The van der Waals surface area contributed by atoms with Gasteiger partial charge < -0.3 is 20.4 Å². The Morgan fingerprint density at radius 1 is 1.20 bits per heavy atom. The van der Waals surface area contributed by atoms with Gasteiger partial charge in [-0.3, -0.25) is 4.79 Å². The molecule has 0 saturated carbocycles. The lowest BCUT2D eigenvalue weighted by Crippen LogP contribution is -2.62. The van der Waals surface area contributed by atoms with Crippen molar-refractivity contribution in [1.29, 1.82) is 0 Å². The van der Waals surface area contributed by atoms with Gasteiger partial charge in [0.25, 0.3) is 10.2 Å². The topological polar surface area (TPSA) is 147 Å². The van der Waals surface area contributed by atoms with Crippen LogP contribution in [0.4, 0.5) is 0 Å². The van der Waals surface area contributed by atoms with E-state index in [1.807, 2.05) is 4.72 Å². The summed E-state index contributed by atoms with van der Waals surface area (Å²) in [5.74, 6) is -1.25. The van der Waals surface area contributed by atoms with Crippen molar-refractivity contribution in [3.05, 3.63) is 0 Å². The summed E-state index contributed by atoms with van der Waals surface area (Å²) < 4.78 is 27.2. The maximum Gasteiger partial charge on any atom is 0.322 e. The third-order valence-electron chi connectivity index (χ3n) is 3.30. The van der Waals surface area contributed by atoms with E-state index in [1.54, 1.807) is 0 Å². The first-order chi connectivity index (χ1) is 9.32. The monoisotopic (exact) mass is 312 g/mol. The van der Waals surface area contributed by atoms with Crippen LogP contribution in [0.25, 0.3) is 0 Å². The molecule has 1 rings (SSSR count). The number of rotatable bonds is 7. The van der Waals surface area contributed by atoms with E-state index in [-0.39, 0.29) is 13.0 Å². The normalized spacial score (nSPS) is 21.9. The van der Waals surface area contributed by atoms with Crippen LogP contribution in [0.2, 0.25) is 0 Å². The minimum atomic E-state index is -4.25. The van der Waals surface area contributed by atoms with Crippen molar-refractivity contribution >= 4 is 16.2 Å². The van der Waals surface area contributed by atoms with E-state index in [1.165, 1.54) is 0 Å². The van der Waals surface area contributed by atoms with Gasteiger partial charge in [0.2, 0.25) is 0 Å². The lowest BCUT2D eigenvalue weighted by atomic mass is 10.1.